The highest BCUT2D eigenvalue weighted by atomic mass is 31.3. The van der Waals surface area contributed by atoms with Gasteiger partial charge in [-0.15, -0.1) is 0 Å². The summed E-state index contributed by atoms with van der Waals surface area (Å²) in [6.07, 6.45) is -17.0. The first kappa shape index (κ1) is 60.6. The standard InChI is InChI=1S/C35H55N15O24P4/c1-39-17-27(43-34(37)45-29(17)54)48(4)31-20(52)19(51)13(69-31)8-66-75(56,57)72-23-15(71-33(24(23)65-7)50-12-42-16-25(36)40-11-41-26(16)50)10-68-77(60,61)74-78(62,63)73-76(58,59)67-9-14-22(64-6)21(53)32(70-14)49(5)28-18(47(2)3)30(55)46-35(38)44-28/h11-15,19-24,31-33,51-53H,1,8-10H2,2-7H3,(H,56,57)(H,58,59)(H,60,61)(H,62,63)(H2,36,40,41)(H3,37,43,45,54)(H3,38,44,46,55)/t13-,14-,15-,19?,20?,21?,22?,23+,24?,31-,32-,33-/m1/s1. The maximum absolute atomic E-state index is 13.7. The third-order valence-corrected chi connectivity index (χ3v) is 17.1. The minimum Gasteiger partial charge on any atom is -0.387 e. The molecule has 7 rings (SSSR count). The fraction of sp³-hybridized carbons (Fsp3) is 0.600. The molecule has 0 aromatic carbocycles. The fourth-order valence-corrected chi connectivity index (χ4v) is 12.9. The van der Waals surface area contributed by atoms with E-state index in [0.29, 0.717) is 0 Å². The Balaban J connectivity index is 1.02. The quantitative estimate of drug-likeness (QED) is 0.0242. The first-order valence-electron chi connectivity index (χ1n) is 22.2. The Hall–Kier alpha value is -5.02. The lowest BCUT2D eigenvalue weighted by molar-refractivity contribution is -0.0577. The second-order valence-electron chi connectivity index (χ2n) is 17.2. The van der Waals surface area contributed by atoms with Crippen molar-refractivity contribution in [2.24, 2.45) is 4.99 Å². The van der Waals surface area contributed by atoms with Crippen LogP contribution in [-0.2, 0) is 68.7 Å². The van der Waals surface area contributed by atoms with Crippen molar-refractivity contribution in [2.45, 2.75) is 73.6 Å². The van der Waals surface area contributed by atoms with Gasteiger partial charge in [-0.25, -0.2) is 33.2 Å². The molecule has 434 valence electrons. The Labute approximate surface area is 438 Å². The highest BCUT2D eigenvalue weighted by Crippen LogP contribution is 2.68. The van der Waals surface area contributed by atoms with E-state index in [-0.39, 0.29) is 51.9 Å². The number of imidazole rings is 1. The molecule has 4 aromatic heterocycles. The SMILES string of the molecule is C=Nc1c(N(C)[C@@H]2O[C@H](COP(=O)(O)O[C@@H]3C(OC)[C@H](n4cnc5c(N)ncnc54)O[C@@H]3COP(=O)(O)OP(=O)(O)OP(=O)(O)OC[C@H]3O[C@@H](N(C)c4nc(N)[nH]c(=O)c4N(C)C)C(O)C3OC)C(O)C2O)nc(N)[nH]c1=O. The number of anilines is 6. The van der Waals surface area contributed by atoms with Crippen LogP contribution in [0.2, 0.25) is 0 Å². The molecule has 0 saturated carbocycles. The van der Waals surface area contributed by atoms with E-state index in [2.05, 4.69) is 55.2 Å². The smallest absolute Gasteiger partial charge is 0.387 e. The Morgan fingerprint density at radius 1 is 0.692 bits per heavy atom. The van der Waals surface area contributed by atoms with Gasteiger partial charge < -0.3 is 90.5 Å². The number of likely N-dealkylation sites (N-methyl/N-ethyl adjacent to an activating group) is 2. The predicted octanol–water partition coefficient (Wildman–Crippen LogP) is -3.26. The van der Waals surface area contributed by atoms with Gasteiger partial charge in [0.25, 0.3) is 11.1 Å². The van der Waals surface area contributed by atoms with Crippen molar-refractivity contribution in [1.29, 1.82) is 0 Å². The highest BCUT2D eigenvalue weighted by Gasteiger charge is 2.54. The number of aliphatic imine (C=N–C) groups is 1. The molecule has 0 aliphatic carbocycles. The van der Waals surface area contributed by atoms with Crippen molar-refractivity contribution in [3.63, 3.8) is 0 Å². The summed E-state index contributed by atoms with van der Waals surface area (Å²) in [6, 6.07) is 0. The Kier molecular flexibility index (Phi) is 18.3. The Bertz CT molecular complexity index is 3160. The van der Waals surface area contributed by atoms with Crippen LogP contribution in [-0.4, -0.2) is 211 Å². The minimum atomic E-state index is -6.19. The number of aromatic nitrogens is 8. The van der Waals surface area contributed by atoms with Crippen LogP contribution in [0.1, 0.15) is 6.23 Å². The number of nitrogen functional groups attached to an aromatic ring is 3. The van der Waals surface area contributed by atoms with Gasteiger partial charge in [-0.05, 0) is 6.72 Å². The van der Waals surface area contributed by atoms with Gasteiger partial charge in [0.15, 0.2) is 47.5 Å². The van der Waals surface area contributed by atoms with Gasteiger partial charge in [-0.3, -0.25) is 47.2 Å². The van der Waals surface area contributed by atoms with Gasteiger partial charge in [-0.1, -0.05) is 0 Å². The molecule has 0 bridgehead atoms. The molecule has 4 aromatic rings. The number of H-pyrrole nitrogens is 2. The lowest BCUT2D eigenvalue weighted by Gasteiger charge is -2.30. The van der Waals surface area contributed by atoms with Crippen molar-refractivity contribution < 1.29 is 104 Å². The van der Waals surface area contributed by atoms with Crippen LogP contribution in [0.25, 0.3) is 11.2 Å². The van der Waals surface area contributed by atoms with Crippen molar-refractivity contribution >= 4 is 89.9 Å². The molecule has 9 unspecified atom stereocenters. The average Bonchev–Trinajstić information content (AvgIpc) is 4.10. The average molecular weight is 1190 g/mol. The zero-order chi connectivity index (χ0) is 57.6. The van der Waals surface area contributed by atoms with Crippen molar-refractivity contribution in [3.8, 4) is 0 Å². The normalized spacial score (nSPS) is 29.4. The third-order valence-electron chi connectivity index (χ3n) is 11.8. The highest BCUT2D eigenvalue weighted by molar-refractivity contribution is 7.66. The van der Waals surface area contributed by atoms with E-state index in [4.69, 9.17) is 59.0 Å². The number of hydrogen-bond acceptors (Lipinski definition) is 32. The zero-order valence-electron chi connectivity index (χ0n) is 41.5. The summed E-state index contributed by atoms with van der Waals surface area (Å²) in [7, 11) is -15.5. The number of fused-ring (bicyclic) bond motifs is 1. The maximum Gasteiger partial charge on any atom is 0.490 e. The molecule has 43 heteroatoms. The molecule has 3 aliphatic rings. The molecule has 15 N–H and O–H groups in total. The van der Waals surface area contributed by atoms with Gasteiger partial charge >= 0.3 is 31.3 Å². The number of aliphatic hydroxyl groups is 3. The first-order chi connectivity index (χ1) is 36.4. The first-order valence-corrected chi connectivity index (χ1v) is 28.1. The molecular formula is C35H55N15O24P4. The molecule has 0 radical (unpaired) electrons. The molecule has 0 amide bonds. The number of nitrogens with one attached hydrogen (secondary N) is 2. The van der Waals surface area contributed by atoms with Gasteiger partial charge in [-0.2, -0.15) is 18.6 Å². The summed E-state index contributed by atoms with van der Waals surface area (Å²) >= 11 is 0. The van der Waals surface area contributed by atoms with Crippen LogP contribution in [0.3, 0.4) is 0 Å². The van der Waals surface area contributed by atoms with Gasteiger partial charge in [0, 0.05) is 42.4 Å². The minimum absolute atomic E-state index is 0.000621. The molecule has 0 spiro atoms. The van der Waals surface area contributed by atoms with E-state index in [1.54, 1.807) is 0 Å². The van der Waals surface area contributed by atoms with E-state index in [9.17, 15) is 62.7 Å². The summed E-state index contributed by atoms with van der Waals surface area (Å²) in [5.74, 6) is -1.02. The summed E-state index contributed by atoms with van der Waals surface area (Å²) < 4.78 is 112. The van der Waals surface area contributed by atoms with E-state index in [0.717, 1.165) is 31.8 Å². The lowest BCUT2D eigenvalue weighted by atomic mass is 10.1. The summed E-state index contributed by atoms with van der Waals surface area (Å²) in [5, 5.41) is 32.9. The van der Waals surface area contributed by atoms with Crippen LogP contribution in [0.5, 0.6) is 0 Å². The van der Waals surface area contributed by atoms with E-state index in [1.165, 1.54) is 42.6 Å². The Morgan fingerprint density at radius 3 is 1.81 bits per heavy atom. The van der Waals surface area contributed by atoms with Crippen molar-refractivity contribution in [3.05, 3.63) is 33.4 Å². The molecule has 78 heavy (non-hydrogen) atoms. The largest absolute Gasteiger partial charge is 0.490 e. The fourth-order valence-electron chi connectivity index (χ4n) is 8.38. The molecular weight excluding hydrogens is 1140 g/mol. The number of aromatic amines is 2. The van der Waals surface area contributed by atoms with Gasteiger partial charge in [0.05, 0.1) is 26.1 Å². The number of phosphoric acid groups is 4. The van der Waals surface area contributed by atoms with E-state index in [1.807, 2.05) is 0 Å². The van der Waals surface area contributed by atoms with Gasteiger partial charge in [0.2, 0.25) is 11.9 Å². The number of aliphatic hydroxyl groups excluding tert-OH is 3. The second kappa shape index (κ2) is 23.6. The monoisotopic (exact) mass is 1190 g/mol. The van der Waals surface area contributed by atoms with E-state index < -0.39 is 136 Å². The van der Waals surface area contributed by atoms with Crippen LogP contribution >= 0.6 is 31.3 Å². The van der Waals surface area contributed by atoms with Crippen LogP contribution in [0.15, 0.2) is 27.2 Å². The number of ether oxygens (including phenoxy) is 5. The van der Waals surface area contributed by atoms with Crippen LogP contribution in [0, 0.1) is 0 Å². The third kappa shape index (κ3) is 13.1. The molecule has 7 heterocycles. The summed E-state index contributed by atoms with van der Waals surface area (Å²) in [5.41, 5.74) is 15.6. The van der Waals surface area contributed by atoms with E-state index >= 15 is 0 Å². The zero-order valence-corrected chi connectivity index (χ0v) is 45.1. The predicted molar refractivity (Wildman–Crippen MR) is 264 cm³/mol. The number of nitrogens with two attached hydrogens (primary N) is 3. The van der Waals surface area contributed by atoms with Gasteiger partial charge in [0.1, 0.15) is 72.5 Å². The van der Waals surface area contributed by atoms with Crippen molar-refractivity contribution in [2.75, 3.05) is 94.1 Å². The van der Waals surface area contributed by atoms with Crippen molar-refractivity contribution in [1.82, 2.24) is 39.5 Å². The number of rotatable bonds is 24. The molecule has 16 atom stereocenters. The number of nitrogens with zero attached hydrogens (tertiary/aromatic N) is 10. The lowest BCUT2D eigenvalue weighted by Crippen LogP contribution is -2.44. The molecule has 3 aliphatic heterocycles. The second-order valence-corrected chi connectivity index (χ2v) is 23.2. The maximum atomic E-state index is 13.7. The number of hydrogen-bond donors (Lipinski definition) is 12. The topological polar surface area (TPSA) is 547 Å². The molecule has 3 fully saturated rings. The van der Waals surface area contributed by atoms with Crippen LogP contribution in [0.4, 0.5) is 40.7 Å². The molecule has 3 saturated heterocycles. The number of phosphoric ester groups is 3. The summed E-state index contributed by atoms with van der Waals surface area (Å²) in [6.45, 7) is 0.0446. The number of methoxy groups -OCH3 is 2. The molecule has 39 nitrogen and oxygen atoms in total. The summed E-state index contributed by atoms with van der Waals surface area (Å²) in [4.78, 5) is 99.9. The Morgan fingerprint density at radius 2 is 1.22 bits per heavy atom. The van der Waals surface area contributed by atoms with Crippen LogP contribution < -0.4 is 43.0 Å².